The van der Waals surface area contributed by atoms with Crippen LogP contribution in [0.15, 0.2) is 60.7 Å². The third-order valence-electron chi connectivity index (χ3n) is 5.85. The van der Waals surface area contributed by atoms with Crippen molar-refractivity contribution in [2.24, 2.45) is 0 Å². The molecule has 0 radical (unpaired) electrons. The molecular weight excluding hydrogens is 440 g/mol. The second-order valence-electron chi connectivity index (χ2n) is 9.30. The maximum atomic E-state index is 12.0. The van der Waals surface area contributed by atoms with Gasteiger partial charge in [0.2, 0.25) is 0 Å². The van der Waals surface area contributed by atoms with Gasteiger partial charge in [-0.15, -0.1) is 0 Å². The van der Waals surface area contributed by atoms with Gasteiger partial charge in [0.25, 0.3) is 14.1 Å². The Morgan fingerprint density at radius 2 is 1.59 bits per heavy atom. The van der Waals surface area contributed by atoms with Crippen molar-refractivity contribution < 1.29 is 18.7 Å². The van der Waals surface area contributed by atoms with E-state index in [-0.39, 0.29) is 17.9 Å². The van der Waals surface area contributed by atoms with Gasteiger partial charge in [-0.05, 0) is 46.5 Å². The number of ketones is 1. The molecule has 0 saturated carbocycles. The average molecular weight is 475 g/mol. The zero-order chi connectivity index (χ0) is 24.3. The zero-order valence-electron chi connectivity index (χ0n) is 20.4. The standard InChI is InChI=1S/C29H34O4Si/c1-29(2,3)34(26-17-6-4-7-18-26,27-19-8-5-9-20-27)33-24-13-10-15-25(30)16-14-23-32-28-21-11-12-22-31-28/h4-9,17-20,28H,11-13,21-24H2,1-3H3. The van der Waals surface area contributed by atoms with Crippen molar-refractivity contribution in [2.45, 2.75) is 57.8 Å². The van der Waals surface area contributed by atoms with Crippen LogP contribution in [0.5, 0.6) is 0 Å². The van der Waals surface area contributed by atoms with Crippen LogP contribution in [0.4, 0.5) is 0 Å². The highest BCUT2D eigenvalue weighted by Crippen LogP contribution is 2.36. The van der Waals surface area contributed by atoms with Gasteiger partial charge < -0.3 is 13.9 Å². The molecule has 0 aromatic heterocycles. The Hall–Kier alpha value is -2.67. The summed E-state index contributed by atoms with van der Waals surface area (Å²) in [6, 6.07) is 21.0. The maximum absolute atomic E-state index is 12.0. The minimum absolute atomic E-state index is 0.0908. The van der Waals surface area contributed by atoms with E-state index in [1.54, 1.807) is 0 Å². The van der Waals surface area contributed by atoms with Crippen molar-refractivity contribution in [3.8, 4) is 23.7 Å². The molecule has 1 aliphatic rings. The number of rotatable bonds is 7. The Labute approximate surface area is 205 Å². The summed E-state index contributed by atoms with van der Waals surface area (Å²) in [5.41, 5.74) is 0. The molecule has 3 rings (SSSR count). The van der Waals surface area contributed by atoms with Gasteiger partial charge >= 0.3 is 0 Å². The first-order valence-corrected chi connectivity index (χ1v) is 13.8. The maximum Gasteiger partial charge on any atom is 0.279 e. The van der Waals surface area contributed by atoms with Crippen LogP contribution in [0.25, 0.3) is 0 Å². The second kappa shape index (κ2) is 12.7. The molecule has 34 heavy (non-hydrogen) atoms. The van der Waals surface area contributed by atoms with E-state index in [2.05, 4.69) is 93.0 Å². The van der Waals surface area contributed by atoms with E-state index < -0.39 is 14.1 Å². The van der Waals surface area contributed by atoms with Gasteiger partial charge in [-0.3, -0.25) is 4.79 Å². The third-order valence-corrected chi connectivity index (χ3v) is 10.9. The number of Topliss-reactive ketones (excluding diaryl/α,β-unsaturated/α-hetero) is 1. The number of ether oxygens (including phenoxy) is 2. The Morgan fingerprint density at radius 1 is 0.971 bits per heavy atom. The highest BCUT2D eigenvalue weighted by atomic mass is 28.4. The summed E-state index contributed by atoms with van der Waals surface area (Å²) in [6.07, 6.45) is 3.30. The molecule has 1 atom stereocenters. The molecule has 1 heterocycles. The molecule has 1 unspecified atom stereocenters. The summed E-state index contributed by atoms with van der Waals surface area (Å²) < 4.78 is 17.8. The number of carbonyl (C=O) groups is 1. The summed E-state index contributed by atoms with van der Waals surface area (Å²) in [5.74, 6) is 10.4. The summed E-state index contributed by atoms with van der Waals surface area (Å²) in [7, 11) is -2.58. The molecule has 0 bridgehead atoms. The molecule has 4 nitrogen and oxygen atoms in total. The molecule has 0 aliphatic carbocycles. The van der Waals surface area contributed by atoms with E-state index in [1.165, 1.54) is 10.4 Å². The number of hydrogen-bond acceptors (Lipinski definition) is 4. The zero-order valence-corrected chi connectivity index (χ0v) is 21.4. The van der Waals surface area contributed by atoms with Gasteiger partial charge in [0, 0.05) is 19.6 Å². The summed E-state index contributed by atoms with van der Waals surface area (Å²) in [5, 5.41) is 2.36. The van der Waals surface area contributed by atoms with Gasteiger partial charge in [0.1, 0.15) is 6.61 Å². The first-order chi connectivity index (χ1) is 16.4. The highest BCUT2D eigenvalue weighted by molar-refractivity contribution is 6.99. The Bertz CT molecular complexity index is 991. The van der Waals surface area contributed by atoms with E-state index >= 15 is 0 Å². The predicted molar refractivity (Wildman–Crippen MR) is 138 cm³/mol. The average Bonchev–Trinajstić information content (AvgIpc) is 2.85. The lowest BCUT2D eigenvalue weighted by molar-refractivity contribution is -0.154. The monoisotopic (exact) mass is 474 g/mol. The third kappa shape index (κ3) is 6.92. The molecule has 1 saturated heterocycles. The van der Waals surface area contributed by atoms with Crippen LogP contribution in [-0.4, -0.2) is 40.2 Å². The minimum atomic E-state index is -2.58. The van der Waals surface area contributed by atoms with E-state index in [1.807, 2.05) is 12.1 Å². The summed E-state index contributed by atoms with van der Waals surface area (Å²) in [4.78, 5) is 12.0. The van der Waals surface area contributed by atoms with Crippen molar-refractivity contribution >= 4 is 24.5 Å². The number of hydrogen-bond donors (Lipinski definition) is 0. The fraction of sp³-hybridized carbons (Fsp3) is 0.414. The van der Waals surface area contributed by atoms with Crippen LogP contribution in [0.3, 0.4) is 0 Å². The van der Waals surface area contributed by atoms with E-state index in [4.69, 9.17) is 13.9 Å². The topological polar surface area (TPSA) is 44.8 Å². The molecular formula is C29H34O4Si. The fourth-order valence-corrected chi connectivity index (χ4v) is 8.85. The molecule has 1 aliphatic heterocycles. The van der Waals surface area contributed by atoms with E-state index in [0.717, 1.165) is 25.9 Å². The smallest absolute Gasteiger partial charge is 0.279 e. The molecule has 0 spiro atoms. The van der Waals surface area contributed by atoms with Gasteiger partial charge in [0.05, 0.1) is 0 Å². The molecule has 2 aromatic rings. The number of carbonyl (C=O) groups excluding carboxylic acids is 1. The quantitative estimate of drug-likeness (QED) is 0.263. The lowest BCUT2D eigenvalue weighted by atomic mass is 10.2. The van der Waals surface area contributed by atoms with Crippen LogP contribution in [0, 0.1) is 23.7 Å². The lowest BCUT2D eigenvalue weighted by Crippen LogP contribution is -2.66. The summed E-state index contributed by atoms with van der Waals surface area (Å²) >= 11 is 0. The van der Waals surface area contributed by atoms with Gasteiger partial charge in [-0.2, -0.15) is 0 Å². The second-order valence-corrected chi connectivity index (χ2v) is 13.6. The van der Waals surface area contributed by atoms with Crippen molar-refractivity contribution in [1.82, 2.24) is 0 Å². The van der Waals surface area contributed by atoms with Crippen LogP contribution in [0.2, 0.25) is 5.04 Å². The molecule has 178 valence electrons. The first kappa shape index (κ1) is 25.9. The summed E-state index contributed by atoms with van der Waals surface area (Å²) in [6.45, 7) is 8.07. The van der Waals surface area contributed by atoms with E-state index in [9.17, 15) is 4.79 Å². The molecule has 1 fully saturated rings. The van der Waals surface area contributed by atoms with Gasteiger partial charge in [-0.25, -0.2) is 0 Å². The van der Waals surface area contributed by atoms with Crippen LogP contribution in [-0.2, 0) is 18.7 Å². The fourth-order valence-electron chi connectivity index (χ4n) is 4.28. The van der Waals surface area contributed by atoms with Crippen LogP contribution in [0.1, 0.15) is 46.5 Å². The van der Waals surface area contributed by atoms with Crippen LogP contribution < -0.4 is 10.4 Å². The van der Waals surface area contributed by atoms with Gasteiger partial charge in [0.15, 0.2) is 6.29 Å². The lowest BCUT2D eigenvalue weighted by Gasteiger charge is -2.43. The van der Waals surface area contributed by atoms with Crippen molar-refractivity contribution in [1.29, 1.82) is 0 Å². The van der Waals surface area contributed by atoms with Gasteiger partial charge in [-0.1, -0.05) is 93.3 Å². The highest BCUT2D eigenvalue weighted by Gasteiger charge is 2.49. The normalized spacial score (nSPS) is 16.0. The molecule has 0 N–H and O–H groups in total. The molecule has 5 heteroatoms. The Balaban J connectivity index is 1.62. The van der Waals surface area contributed by atoms with Crippen molar-refractivity contribution in [2.75, 3.05) is 19.8 Å². The Morgan fingerprint density at radius 3 is 2.15 bits per heavy atom. The Kier molecular flexibility index (Phi) is 9.69. The number of benzene rings is 2. The SMILES string of the molecule is CC(C)(C)[Si](OCCC#CC(=O)C#CCOC1CCCCO1)(c1ccccc1)c1ccccc1. The molecule has 2 aromatic carbocycles. The predicted octanol–water partition coefficient (Wildman–Crippen LogP) is 4.07. The minimum Gasteiger partial charge on any atom is -0.406 e. The molecule has 0 amide bonds. The largest absolute Gasteiger partial charge is 0.406 e. The van der Waals surface area contributed by atoms with Crippen molar-refractivity contribution in [3.63, 3.8) is 0 Å². The first-order valence-electron chi connectivity index (χ1n) is 11.9. The van der Waals surface area contributed by atoms with Crippen molar-refractivity contribution in [3.05, 3.63) is 60.7 Å². The van der Waals surface area contributed by atoms with Crippen LogP contribution >= 0.6 is 0 Å². The van der Waals surface area contributed by atoms with E-state index in [0.29, 0.717) is 13.0 Å².